The van der Waals surface area contributed by atoms with E-state index >= 15 is 0 Å². The van der Waals surface area contributed by atoms with Crippen LogP contribution in [0.5, 0.6) is 0 Å². The molecular formula is C14H19N7OS. The Balaban J connectivity index is 1.85. The molecule has 0 aromatic carbocycles. The van der Waals surface area contributed by atoms with Gasteiger partial charge in [0.25, 0.3) is 5.91 Å². The summed E-state index contributed by atoms with van der Waals surface area (Å²) in [7, 11) is 3.78. The maximum absolute atomic E-state index is 12.7. The van der Waals surface area contributed by atoms with E-state index in [0.717, 1.165) is 30.2 Å². The van der Waals surface area contributed by atoms with E-state index < -0.39 is 5.54 Å². The Morgan fingerprint density at radius 1 is 1.48 bits per heavy atom. The number of H-pyrrole nitrogens is 1. The van der Waals surface area contributed by atoms with Gasteiger partial charge in [-0.3, -0.25) is 4.79 Å². The number of thioether (sulfide) groups is 1. The molecule has 9 heteroatoms. The summed E-state index contributed by atoms with van der Waals surface area (Å²) in [4.78, 5) is 18.8. The molecule has 2 aromatic rings. The van der Waals surface area contributed by atoms with Crippen molar-refractivity contribution in [2.45, 2.75) is 18.4 Å². The highest BCUT2D eigenvalue weighted by molar-refractivity contribution is 7.99. The molecule has 0 bridgehead atoms. The highest BCUT2D eigenvalue weighted by Crippen LogP contribution is 2.33. The van der Waals surface area contributed by atoms with Gasteiger partial charge in [-0.05, 0) is 30.7 Å². The van der Waals surface area contributed by atoms with Gasteiger partial charge in [0.2, 0.25) is 5.82 Å². The Kier molecular flexibility index (Phi) is 4.46. The summed E-state index contributed by atoms with van der Waals surface area (Å²) in [6, 6.07) is 3.48. The van der Waals surface area contributed by atoms with Gasteiger partial charge < -0.3 is 10.2 Å². The van der Waals surface area contributed by atoms with Crippen LogP contribution in [0.25, 0.3) is 0 Å². The van der Waals surface area contributed by atoms with Crippen LogP contribution in [-0.2, 0) is 5.54 Å². The van der Waals surface area contributed by atoms with Gasteiger partial charge in [0, 0.05) is 31.6 Å². The van der Waals surface area contributed by atoms with Crippen LogP contribution >= 0.6 is 11.8 Å². The quantitative estimate of drug-likeness (QED) is 0.854. The van der Waals surface area contributed by atoms with E-state index in [-0.39, 0.29) is 5.91 Å². The van der Waals surface area contributed by atoms with Crippen molar-refractivity contribution in [2.24, 2.45) is 0 Å². The number of carbonyl (C=O) groups is 1. The average molecular weight is 333 g/mol. The molecule has 3 rings (SSSR count). The highest BCUT2D eigenvalue weighted by Gasteiger charge is 2.40. The van der Waals surface area contributed by atoms with Crippen molar-refractivity contribution in [3.05, 3.63) is 29.7 Å². The minimum atomic E-state index is -0.575. The first-order valence-electron chi connectivity index (χ1n) is 7.38. The second-order valence-electron chi connectivity index (χ2n) is 5.72. The zero-order valence-corrected chi connectivity index (χ0v) is 13.9. The number of hydrogen-bond donors (Lipinski definition) is 2. The summed E-state index contributed by atoms with van der Waals surface area (Å²) in [6.07, 6.45) is 3.44. The van der Waals surface area contributed by atoms with Gasteiger partial charge in [0.15, 0.2) is 0 Å². The molecule has 23 heavy (non-hydrogen) atoms. The normalized spacial score (nSPS) is 21.0. The molecule has 2 N–H and O–H groups in total. The molecule has 3 heterocycles. The molecule has 122 valence electrons. The smallest absolute Gasteiger partial charge is 0.252 e. The Bertz CT molecular complexity index is 668. The summed E-state index contributed by atoms with van der Waals surface area (Å²) in [5, 5.41) is 17.5. The first-order chi connectivity index (χ1) is 11.1. The summed E-state index contributed by atoms with van der Waals surface area (Å²) >= 11 is 1.79. The van der Waals surface area contributed by atoms with E-state index in [9.17, 15) is 4.79 Å². The predicted molar refractivity (Wildman–Crippen MR) is 88.4 cm³/mol. The van der Waals surface area contributed by atoms with Gasteiger partial charge in [-0.2, -0.15) is 17.0 Å². The third-order valence-corrected chi connectivity index (χ3v) is 5.11. The summed E-state index contributed by atoms with van der Waals surface area (Å²) in [5.74, 6) is 2.95. The Hall–Kier alpha value is -2.16. The molecule has 1 fully saturated rings. The van der Waals surface area contributed by atoms with Crippen molar-refractivity contribution in [1.82, 2.24) is 30.9 Å². The first kappa shape index (κ1) is 15.7. The number of aromatic nitrogens is 5. The van der Waals surface area contributed by atoms with Crippen LogP contribution < -0.4 is 10.2 Å². The topological polar surface area (TPSA) is 99.7 Å². The van der Waals surface area contributed by atoms with Crippen LogP contribution in [0.15, 0.2) is 18.3 Å². The lowest BCUT2D eigenvalue weighted by molar-refractivity contribution is 0.0895. The molecule has 0 spiro atoms. The van der Waals surface area contributed by atoms with Crippen LogP contribution in [0.3, 0.4) is 0 Å². The lowest BCUT2D eigenvalue weighted by Crippen LogP contribution is -2.50. The minimum Gasteiger partial charge on any atom is -0.363 e. The molecule has 2 aromatic heterocycles. The Morgan fingerprint density at radius 3 is 3.00 bits per heavy atom. The average Bonchev–Trinajstić information content (AvgIpc) is 3.11. The van der Waals surface area contributed by atoms with Crippen LogP contribution in [0.1, 0.15) is 29.0 Å². The number of nitrogens with zero attached hydrogens (tertiary/aromatic N) is 5. The van der Waals surface area contributed by atoms with Gasteiger partial charge in [-0.1, -0.05) is 5.21 Å². The largest absolute Gasteiger partial charge is 0.363 e. The van der Waals surface area contributed by atoms with Gasteiger partial charge >= 0.3 is 0 Å². The minimum absolute atomic E-state index is 0.150. The summed E-state index contributed by atoms with van der Waals surface area (Å²) < 4.78 is 0. The Morgan fingerprint density at radius 2 is 2.35 bits per heavy atom. The number of pyridine rings is 1. The number of nitrogens with one attached hydrogen (secondary N) is 2. The van der Waals surface area contributed by atoms with E-state index in [1.54, 1.807) is 30.1 Å². The second-order valence-corrected chi connectivity index (χ2v) is 6.83. The van der Waals surface area contributed by atoms with Crippen LogP contribution in [0.4, 0.5) is 5.82 Å². The van der Waals surface area contributed by atoms with Crippen molar-refractivity contribution < 1.29 is 4.79 Å². The zero-order valence-electron chi connectivity index (χ0n) is 13.1. The molecule has 8 nitrogen and oxygen atoms in total. The Labute approximate surface area is 138 Å². The molecule has 1 aliphatic heterocycles. The van der Waals surface area contributed by atoms with Crippen molar-refractivity contribution in [2.75, 3.05) is 30.5 Å². The van der Waals surface area contributed by atoms with Crippen LogP contribution in [-0.4, -0.2) is 57.1 Å². The van der Waals surface area contributed by atoms with Crippen LogP contribution in [0, 0.1) is 0 Å². The highest BCUT2D eigenvalue weighted by atomic mass is 32.2. The molecule has 1 saturated heterocycles. The SMILES string of the molecule is CN(C)c1cc(C(=O)NC2(c3nn[nH]n3)CCCSC2)ccn1. The monoisotopic (exact) mass is 333 g/mol. The molecule has 1 atom stereocenters. The molecule has 0 aliphatic carbocycles. The third-order valence-electron chi connectivity index (χ3n) is 3.83. The summed E-state index contributed by atoms with van der Waals surface area (Å²) in [5.41, 5.74) is -0.00342. The van der Waals surface area contributed by atoms with Gasteiger partial charge in [-0.25, -0.2) is 4.98 Å². The van der Waals surface area contributed by atoms with E-state index in [0.29, 0.717) is 11.4 Å². The number of tetrazole rings is 1. The molecule has 1 aliphatic rings. The van der Waals surface area contributed by atoms with Crippen molar-refractivity contribution >= 4 is 23.5 Å². The van der Waals surface area contributed by atoms with Crippen molar-refractivity contribution in [1.29, 1.82) is 0 Å². The van der Waals surface area contributed by atoms with E-state index in [2.05, 4.69) is 30.9 Å². The lowest BCUT2D eigenvalue weighted by Gasteiger charge is -2.34. The van der Waals surface area contributed by atoms with Crippen LogP contribution in [0.2, 0.25) is 0 Å². The van der Waals surface area contributed by atoms with Gasteiger partial charge in [0.05, 0.1) is 0 Å². The van der Waals surface area contributed by atoms with E-state index in [1.807, 2.05) is 19.0 Å². The predicted octanol–water partition coefficient (Wildman–Crippen LogP) is 0.813. The second kappa shape index (κ2) is 6.53. The van der Waals surface area contributed by atoms with Gasteiger partial charge in [-0.15, -0.1) is 10.2 Å². The van der Waals surface area contributed by atoms with Crippen molar-refractivity contribution in [3.8, 4) is 0 Å². The third kappa shape index (κ3) is 3.29. The standard InChI is InChI=1S/C14H19N7OS/c1-21(2)11-8-10(4-6-15-11)12(22)16-14(5-3-7-23-9-14)13-17-19-20-18-13/h4,6,8H,3,5,7,9H2,1-2H3,(H,16,22)(H,17,18,19,20). The summed E-state index contributed by atoms with van der Waals surface area (Å²) in [6.45, 7) is 0. The number of carbonyl (C=O) groups excluding carboxylic acids is 1. The van der Waals surface area contributed by atoms with Gasteiger partial charge in [0.1, 0.15) is 11.4 Å². The number of rotatable bonds is 4. The zero-order chi connectivity index (χ0) is 16.3. The van der Waals surface area contributed by atoms with E-state index in [4.69, 9.17) is 0 Å². The molecular weight excluding hydrogens is 314 g/mol. The van der Waals surface area contributed by atoms with E-state index in [1.165, 1.54) is 0 Å². The maximum Gasteiger partial charge on any atom is 0.252 e. The first-order valence-corrected chi connectivity index (χ1v) is 8.54. The number of hydrogen-bond acceptors (Lipinski definition) is 7. The number of amides is 1. The number of anilines is 1. The molecule has 1 amide bonds. The molecule has 0 radical (unpaired) electrons. The fourth-order valence-corrected chi connectivity index (χ4v) is 3.77. The fourth-order valence-electron chi connectivity index (χ4n) is 2.58. The molecule has 1 unspecified atom stereocenters. The molecule has 0 saturated carbocycles. The fraction of sp³-hybridized carbons (Fsp3) is 0.500. The van der Waals surface area contributed by atoms with Crippen molar-refractivity contribution in [3.63, 3.8) is 0 Å². The number of aromatic amines is 1. The lowest BCUT2D eigenvalue weighted by atomic mass is 9.94. The maximum atomic E-state index is 12.7.